The predicted octanol–water partition coefficient (Wildman–Crippen LogP) is 3.63. The van der Waals surface area contributed by atoms with Gasteiger partial charge in [0.15, 0.2) is 0 Å². The standard InChI is InChI=1S/C16H15F3N2O3/c17-16(18,19)13-5-9(8-20)1-4-14(13)24-12-6-10-2-3-11(7-12)21(10)15(22)23/h1,4-5,10-12H,2-3,6-7H2,(H,22,23)/t10-,11+,12?. The number of fused-ring (bicyclic) bond motifs is 2. The summed E-state index contributed by atoms with van der Waals surface area (Å²) >= 11 is 0. The second kappa shape index (κ2) is 5.89. The van der Waals surface area contributed by atoms with E-state index in [1.54, 1.807) is 6.07 Å². The summed E-state index contributed by atoms with van der Waals surface area (Å²) in [5.41, 5.74) is -1.06. The van der Waals surface area contributed by atoms with E-state index < -0.39 is 23.9 Å². The van der Waals surface area contributed by atoms with Crippen LogP contribution in [0.15, 0.2) is 18.2 Å². The van der Waals surface area contributed by atoms with Crippen LogP contribution in [0.5, 0.6) is 5.75 Å². The molecule has 128 valence electrons. The Bertz CT molecular complexity index is 685. The van der Waals surface area contributed by atoms with Crippen LogP contribution < -0.4 is 4.74 Å². The van der Waals surface area contributed by atoms with Gasteiger partial charge >= 0.3 is 12.3 Å². The lowest BCUT2D eigenvalue weighted by molar-refractivity contribution is -0.139. The van der Waals surface area contributed by atoms with E-state index in [9.17, 15) is 23.1 Å². The van der Waals surface area contributed by atoms with Gasteiger partial charge in [-0.05, 0) is 31.0 Å². The lowest BCUT2D eigenvalue weighted by Gasteiger charge is -2.37. The second-order valence-corrected chi connectivity index (χ2v) is 6.11. The molecule has 2 aliphatic rings. The minimum Gasteiger partial charge on any atom is -0.490 e. The highest BCUT2D eigenvalue weighted by Crippen LogP contribution is 2.41. The third kappa shape index (κ3) is 2.98. The smallest absolute Gasteiger partial charge is 0.420 e. The number of hydrogen-bond donors (Lipinski definition) is 1. The van der Waals surface area contributed by atoms with Crippen LogP contribution in [0, 0.1) is 11.3 Å². The van der Waals surface area contributed by atoms with E-state index in [0.717, 1.165) is 12.1 Å². The van der Waals surface area contributed by atoms with E-state index in [1.165, 1.54) is 11.0 Å². The van der Waals surface area contributed by atoms with E-state index >= 15 is 0 Å². The van der Waals surface area contributed by atoms with Gasteiger partial charge in [0.25, 0.3) is 0 Å². The van der Waals surface area contributed by atoms with Gasteiger partial charge in [0, 0.05) is 24.9 Å². The van der Waals surface area contributed by atoms with Crippen molar-refractivity contribution in [2.24, 2.45) is 0 Å². The Kier molecular flexibility index (Phi) is 4.03. The largest absolute Gasteiger partial charge is 0.490 e. The van der Waals surface area contributed by atoms with Gasteiger partial charge in [0.1, 0.15) is 11.9 Å². The summed E-state index contributed by atoms with van der Waals surface area (Å²) in [6, 6.07) is 4.48. The highest BCUT2D eigenvalue weighted by Gasteiger charge is 2.45. The van der Waals surface area contributed by atoms with Gasteiger partial charge in [-0.2, -0.15) is 18.4 Å². The van der Waals surface area contributed by atoms with Crippen LogP contribution in [0.2, 0.25) is 0 Å². The van der Waals surface area contributed by atoms with Crippen LogP contribution in [0.4, 0.5) is 18.0 Å². The Labute approximate surface area is 136 Å². The fourth-order valence-corrected chi connectivity index (χ4v) is 3.64. The van der Waals surface area contributed by atoms with Crippen molar-refractivity contribution >= 4 is 6.09 Å². The Balaban J connectivity index is 1.81. The molecule has 1 N–H and O–H groups in total. The molecule has 1 unspecified atom stereocenters. The zero-order valence-electron chi connectivity index (χ0n) is 12.6. The number of carbonyl (C=O) groups is 1. The maximum absolute atomic E-state index is 13.2. The molecule has 2 aliphatic heterocycles. The normalized spacial score (nSPS) is 26.1. The Morgan fingerprint density at radius 1 is 1.29 bits per heavy atom. The maximum atomic E-state index is 13.2. The zero-order chi connectivity index (χ0) is 17.5. The molecule has 1 aromatic carbocycles. The van der Waals surface area contributed by atoms with E-state index in [1.807, 2.05) is 0 Å². The summed E-state index contributed by atoms with van der Waals surface area (Å²) in [5, 5.41) is 18.0. The highest BCUT2D eigenvalue weighted by molar-refractivity contribution is 5.66. The average molecular weight is 340 g/mol. The fraction of sp³-hybridized carbons (Fsp3) is 0.500. The number of carboxylic acid groups (broad SMARTS) is 1. The number of hydrogen-bond acceptors (Lipinski definition) is 3. The SMILES string of the molecule is N#Cc1ccc(OC2C[C@H]3CC[C@@H](C2)N3C(=O)O)c(C(F)(F)F)c1. The van der Waals surface area contributed by atoms with Crippen LogP contribution in [0.1, 0.15) is 36.8 Å². The van der Waals surface area contributed by atoms with Gasteiger partial charge in [-0.15, -0.1) is 0 Å². The van der Waals surface area contributed by atoms with Crippen molar-refractivity contribution in [3.63, 3.8) is 0 Å². The van der Waals surface area contributed by atoms with Crippen molar-refractivity contribution in [1.82, 2.24) is 4.90 Å². The number of nitriles is 1. The number of rotatable bonds is 2. The molecule has 2 fully saturated rings. The quantitative estimate of drug-likeness (QED) is 0.892. The highest BCUT2D eigenvalue weighted by atomic mass is 19.4. The van der Waals surface area contributed by atoms with Crippen LogP contribution in [0.25, 0.3) is 0 Å². The number of amides is 1. The van der Waals surface area contributed by atoms with Crippen LogP contribution in [0.3, 0.4) is 0 Å². The summed E-state index contributed by atoms with van der Waals surface area (Å²) in [7, 11) is 0. The van der Waals surface area contributed by atoms with Crippen molar-refractivity contribution in [3.8, 4) is 11.8 Å². The molecule has 5 nitrogen and oxygen atoms in total. The molecule has 24 heavy (non-hydrogen) atoms. The van der Waals surface area contributed by atoms with Gasteiger partial charge in [-0.1, -0.05) is 0 Å². The van der Waals surface area contributed by atoms with Crippen molar-refractivity contribution in [1.29, 1.82) is 5.26 Å². The van der Waals surface area contributed by atoms with E-state index in [4.69, 9.17) is 10.00 Å². The van der Waals surface area contributed by atoms with E-state index in [2.05, 4.69) is 0 Å². The van der Waals surface area contributed by atoms with Crippen LogP contribution in [-0.2, 0) is 6.18 Å². The molecule has 2 saturated heterocycles. The number of nitrogens with zero attached hydrogens (tertiary/aromatic N) is 2. The van der Waals surface area contributed by atoms with Crippen molar-refractivity contribution in [3.05, 3.63) is 29.3 Å². The fourth-order valence-electron chi connectivity index (χ4n) is 3.64. The van der Waals surface area contributed by atoms with E-state index in [0.29, 0.717) is 25.7 Å². The summed E-state index contributed by atoms with van der Waals surface area (Å²) in [5.74, 6) is -0.310. The summed E-state index contributed by atoms with van der Waals surface area (Å²) in [6.45, 7) is 0. The summed E-state index contributed by atoms with van der Waals surface area (Å²) in [6.07, 6.45) is -3.92. The third-order valence-electron chi connectivity index (χ3n) is 4.62. The van der Waals surface area contributed by atoms with Crippen LogP contribution in [-0.4, -0.2) is 34.3 Å². The van der Waals surface area contributed by atoms with Gasteiger partial charge < -0.3 is 14.7 Å². The first-order valence-electron chi connectivity index (χ1n) is 7.59. The molecule has 0 spiro atoms. The van der Waals surface area contributed by atoms with Gasteiger partial charge in [-0.25, -0.2) is 4.79 Å². The topological polar surface area (TPSA) is 73.6 Å². The molecule has 0 aliphatic carbocycles. The minimum absolute atomic E-state index is 0.0876. The monoisotopic (exact) mass is 340 g/mol. The van der Waals surface area contributed by atoms with Crippen molar-refractivity contribution in [2.75, 3.05) is 0 Å². The van der Waals surface area contributed by atoms with Crippen molar-refractivity contribution in [2.45, 2.75) is 50.0 Å². The van der Waals surface area contributed by atoms with Crippen LogP contribution >= 0.6 is 0 Å². The molecule has 3 rings (SSSR count). The molecular weight excluding hydrogens is 325 g/mol. The van der Waals surface area contributed by atoms with E-state index in [-0.39, 0.29) is 23.4 Å². The molecule has 0 aromatic heterocycles. The maximum Gasteiger partial charge on any atom is 0.420 e. The number of alkyl halides is 3. The molecule has 1 amide bonds. The predicted molar refractivity (Wildman–Crippen MR) is 76.5 cm³/mol. The molecule has 3 atom stereocenters. The lowest BCUT2D eigenvalue weighted by Crippen LogP contribution is -2.48. The Morgan fingerprint density at radius 2 is 1.92 bits per heavy atom. The number of ether oxygens (including phenoxy) is 1. The minimum atomic E-state index is -4.62. The summed E-state index contributed by atoms with van der Waals surface area (Å²) < 4.78 is 45.1. The molecule has 0 saturated carbocycles. The molecule has 0 radical (unpaired) electrons. The Hall–Kier alpha value is -2.43. The summed E-state index contributed by atoms with van der Waals surface area (Å²) in [4.78, 5) is 12.6. The molecule has 2 heterocycles. The average Bonchev–Trinajstić information content (AvgIpc) is 2.78. The van der Waals surface area contributed by atoms with Gasteiger partial charge in [0.2, 0.25) is 0 Å². The lowest BCUT2D eigenvalue weighted by atomic mass is 10.00. The number of benzene rings is 1. The second-order valence-electron chi connectivity index (χ2n) is 6.11. The number of piperidine rings is 1. The molecule has 8 heteroatoms. The third-order valence-corrected chi connectivity index (χ3v) is 4.62. The molecular formula is C16H15F3N2O3. The van der Waals surface area contributed by atoms with Crippen molar-refractivity contribution < 1.29 is 27.8 Å². The van der Waals surface area contributed by atoms with Gasteiger partial charge in [-0.3, -0.25) is 0 Å². The first-order valence-corrected chi connectivity index (χ1v) is 7.59. The molecule has 2 bridgehead atoms. The number of halogens is 3. The Morgan fingerprint density at radius 3 is 2.42 bits per heavy atom. The molecule has 1 aromatic rings. The first-order chi connectivity index (χ1) is 11.3. The van der Waals surface area contributed by atoms with Gasteiger partial charge in [0.05, 0.1) is 17.2 Å². The first kappa shape index (κ1) is 16.4. The zero-order valence-corrected chi connectivity index (χ0v) is 12.6.